The number of nitrogens with zero attached hydrogens (tertiary/aromatic N) is 1. The van der Waals surface area contributed by atoms with Gasteiger partial charge in [0.2, 0.25) is 5.91 Å². The van der Waals surface area contributed by atoms with Gasteiger partial charge in [-0.05, 0) is 29.8 Å². The van der Waals surface area contributed by atoms with Gasteiger partial charge in [0.15, 0.2) is 0 Å². The number of rotatable bonds is 4. The first kappa shape index (κ1) is 13.2. The second kappa shape index (κ2) is 5.32. The molecule has 0 atom stereocenters. The summed E-state index contributed by atoms with van der Waals surface area (Å²) >= 11 is 0. The molecule has 0 aliphatic heterocycles. The largest absolute Gasteiger partial charge is 0.496 e. The molecule has 0 unspecified atom stereocenters. The number of benzene rings is 2. The van der Waals surface area contributed by atoms with Crippen LogP contribution in [-0.2, 0) is 6.54 Å². The van der Waals surface area contributed by atoms with Gasteiger partial charge >= 0.3 is 0 Å². The number of hydrogen-bond acceptors (Lipinski definition) is 2. The first-order chi connectivity index (χ1) is 10.2. The highest BCUT2D eigenvalue weighted by molar-refractivity contribution is 5.94. The van der Waals surface area contributed by atoms with Gasteiger partial charge < -0.3 is 15.0 Å². The Morgan fingerprint density at radius 2 is 1.95 bits per heavy atom. The van der Waals surface area contributed by atoms with Gasteiger partial charge in [-0.2, -0.15) is 0 Å². The minimum atomic E-state index is -0.403. The zero-order chi connectivity index (χ0) is 14.8. The summed E-state index contributed by atoms with van der Waals surface area (Å²) in [5.74, 6) is 0.439. The molecular weight excluding hydrogens is 264 g/mol. The Labute approximate surface area is 122 Å². The molecule has 3 aromatic rings. The molecule has 0 saturated heterocycles. The van der Waals surface area contributed by atoms with Crippen molar-refractivity contribution in [3.05, 3.63) is 65.9 Å². The molecule has 1 amide bonds. The molecule has 0 spiro atoms. The smallest absolute Gasteiger partial charge is 0.249 e. The van der Waals surface area contributed by atoms with Crippen LogP contribution < -0.4 is 10.5 Å². The Morgan fingerprint density at radius 1 is 1.14 bits per heavy atom. The Balaban J connectivity index is 2.05. The maximum atomic E-state index is 11.5. The minimum Gasteiger partial charge on any atom is -0.496 e. The average molecular weight is 280 g/mol. The SMILES string of the molecule is COc1cccc2c1ccn2Cc1ccccc1C(N)=O. The number of carbonyl (C=O) groups is 1. The van der Waals surface area contributed by atoms with Gasteiger partial charge in [0.25, 0.3) is 0 Å². The van der Waals surface area contributed by atoms with E-state index in [0.717, 1.165) is 22.2 Å². The van der Waals surface area contributed by atoms with Crippen molar-refractivity contribution in [1.29, 1.82) is 0 Å². The Hall–Kier alpha value is -2.75. The molecule has 1 heterocycles. The lowest BCUT2D eigenvalue weighted by atomic mass is 10.1. The van der Waals surface area contributed by atoms with E-state index >= 15 is 0 Å². The van der Waals surface area contributed by atoms with Gasteiger partial charge in [-0.25, -0.2) is 0 Å². The second-order valence-electron chi connectivity index (χ2n) is 4.86. The van der Waals surface area contributed by atoms with Crippen LogP contribution >= 0.6 is 0 Å². The molecule has 0 aliphatic carbocycles. The number of carbonyl (C=O) groups excluding carboxylic acids is 1. The van der Waals surface area contributed by atoms with Crippen LogP contribution in [0.2, 0.25) is 0 Å². The highest BCUT2D eigenvalue weighted by Crippen LogP contribution is 2.27. The number of primary amides is 1. The molecule has 0 bridgehead atoms. The summed E-state index contributed by atoms with van der Waals surface area (Å²) in [6, 6.07) is 15.3. The van der Waals surface area contributed by atoms with Gasteiger partial charge in [0.05, 0.1) is 12.6 Å². The van der Waals surface area contributed by atoms with Crippen LogP contribution in [0.5, 0.6) is 5.75 Å². The fraction of sp³-hybridized carbons (Fsp3) is 0.118. The summed E-state index contributed by atoms with van der Waals surface area (Å²) in [6.07, 6.45) is 1.99. The van der Waals surface area contributed by atoms with Gasteiger partial charge in [-0.3, -0.25) is 4.79 Å². The lowest BCUT2D eigenvalue weighted by molar-refractivity contribution is 0.0999. The van der Waals surface area contributed by atoms with Crippen LogP contribution in [-0.4, -0.2) is 17.6 Å². The third-order valence-corrected chi connectivity index (χ3v) is 3.62. The van der Waals surface area contributed by atoms with Crippen molar-refractivity contribution in [3.63, 3.8) is 0 Å². The number of hydrogen-bond donors (Lipinski definition) is 1. The lowest BCUT2D eigenvalue weighted by Crippen LogP contribution is -2.14. The summed E-state index contributed by atoms with van der Waals surface area (Å²) in [4.78, 5) is 11.5. The van der Waals surface area contributed by atoms with Crippen molar-refractivity contribution >= 4 is 16.8 Å². The number of aromatic nitrogens is 1. The zero-order valence-electron chi connectivity index (χ0n) is 11.7. The minimum absolute atomic E-state index is 0.403. The molecule has 1 aromatic heterocycles. The first-order valence-corrected chi connectivity index (χ1v) is 6.70. The van der Waals surface area contributed by atoms with E-state index in [9.17, 15) is 4.79 Å². The molecule has 0 fully saturated rings. The number of methoxy groups -OCH3 is 1. The van der Waals surface area contributed by atoms with Gasteiger partial charge in [-0.1, -0.05) is 24.3 Å². The number of amides is 1. The number of ether oxygens (including phenoxy) is 1. The van der Waals surface area contributed by atoms with Crippen molar-refractivity contribution < 1.29 is 9.53 Å². The number of nitrogens with two attached hydrogens (primary N) is 1. The van der Waals surface area contributed by atoms with Gasteiger partial charge in [-0.15, -0.1) is 0 Å². The van der Waals surface area contributed by atoms with Crippen molar-refractivity contribution in [2.45, 2.75) is 6.54 Å². The van der Waals surface area contributed by atoms with Gasteiger partial charge in [0, 0.05) is 23.7 Å². The number of fused-ring (bicyclic) bond motifs is 1. The van der Waals surface area contributed by atoms with Crippen LogP contribution in [0.1, 0.15) is 15.9 Å². The van der Waals surface area contributed by atoms with E-state index in [-0.39, 0.29) is 0 Å². The van der Waals surface area contributed by atoms with E-state index in [4.69, 9.17) is 10.5 Å². The summed E-state index contributed by atoms with van der Waals surface area (Å²) in [7, 11) is 1.66. The van der Waals surface area contributed by atoms with Crippen molar-refractivity contribution in [2.75, 3.05) is 7.11 Å². The van der Waals surface area contributed by atoms with E-state index in [1.165, 1.54) is 0 Å². The molecule has 4 nitrogen and oxygen atoms in total. The summed E-state index contributed by atoms with van der Waals surface area (Å²) < 4.78 is 7.45. The quantitative estimate of drug-likeness (QED) is 0.799. The normalized spacial score (nSPS) is 10.7. The summed E-state index contributed by atoms with van der Waals surface area (Å²) in [6.45, 7) is 0.593. The van der Waals surface area contributed by atoms with E-state index in [1.807, 2.05) is 48.7 Å². The van der Waals surface area contributed by atoms with Crippen LogP contribution in [0.25, 0.3) is 10.9 Å². The van der Waals surface area contributed by atoms with Crippen LogP contribution in [0.3, 0.4) is 0 Å². The fourth-order valence-electron chi connectivity index (χ4n) is 2.59. The predicted molar refractivity (Wildman–Crippen MR) is 82.6 cm³/mol. The lowest BCUT2D eigenvalue weighted by Gasteiger charge is -2.10. The van der Waals surface area contributed by atoms with Crippen LogP contribution in [0, 0.1) is 0 Å². The van der Waals surface area contributed by atoms with E-state index < -0.39 is 5.91 Å². The van der Waals surface area contributed by atoms with Crippen LogP contribution in [0.15, 0.2) is 54.7 Å². The molecule has 0 saturated carbocycles. The molecule has 4 heteroatoms. The average Bonchev–Trinajstić information content (AvgIpc) is 2.91. The summed E-state index contributed by atoms with van der Waals surface area (Å²) in [5.41, 5.74) is 7.96. The highest BCUT2D eigenvalue weighted by atomic mass is 16.5. The third kappa shape index (κ3) is 2.36. The Morgan fingerprint density at radius 3 is 2.71 bits per heavy atom. The zero-order valence-corrected chi connectivity index (χ0v) is 11.7. The first-order valence-electron chi connectivity index (χ1n) is 6.70. The summed E-state index contributed by atoms with van der Waals surface area (Å²) in [5, 5.41) is 1.05. The fourth-order valence-corrected chi connectivity index (χ4v) is 2.59. The molecule has 2 N–H and O–H groups in total. The standard InChI is InChI=1S/C17H16N2O2/c1-21-16-8-4-7-15-14(16)9-10-19(15)11-12-5-2-3-6-13(12)17(18)20/h2-10H,11H2,1H3,(H2,18,20). The predicted octanol–water partition coefficient (Wildman–Crippen LogP) is 2.80. The van der Waals surface area contributed by atoms with Crippen molar-refractivity contribution in [3.8, 4) is 5.75 Å². The molecule has 0 radical (unpaired) electrons. The highest BCUT2D eigenvalue weighted by Gasteiger charge is 2.10. The topological polar surface area (TPSA) is 57.2 Å². The molecule has 2 aromatic carbocycles. The van der Waals surface area contributed by atoms with E-state index in [2.05, 4.69) is 4.57 Å². The van der Waals surface area contributed by atoms with Crippen molar-refractivity contribution in [1.82, 2.24) is 4.57 Å². The molecule has 106 valence electrons. The van der Waals surface area contributed by atoms with Crippen molar-refractivity contribution in [2.24, 2.45) is 5.73 Å². The van der Waals surface area contributed by atoms with Crippen LogP contribution in [0.4, 0.5) is 0 Å². The molecule has 21 heavy (non-hydrogen) atoms. The Kier molecular flexibility index (Phi) is 3.36. The molecule has 0 aliphatic rings. The maximum Gasteiger partial charge on any atom is 0.249 e. The maximum absolute atomic E-state index is 11.5. The molecule has 3 rings (SSSR count). The second-order valence-corrected chi connectivity index (χ2v) is 4.86. The monoisotopic (exact) mass is 280 g/mol. The Bertz CT molecular complexity index is 805. The van der Waals surface area contributed by atoms with E-state index in [0.29, 0.717) is 12.1 Å². The third-order valence-electron chi connectivity index (χ3n) is 3.62. The van der Waals surface area contributed by atoms with E-state index in [1.54, 1.807) is 13.2 Å². The van der Waals surface area contributed by atoms with Gasteiger partial charge in [0.1, 0.15) is 5.75 Å². The molecular formula is C17H16N2O2.